The fourth-order valence-electron chi connectivity index (χ4n) is 2.41. The number of rotatable bonds is 7. The Bertz CT molecular complexity index is 838. The number of nitro benzene ring substituents is 1. The molecule has 0 heterocycles. The highest BCUT2D eigenvalue weighted by Crippen LogP contribution is 2.21. The molecular weight excluding hydrogens is 350 g/mol. The minimum Gasteiger partial charge on any atom is -0.449 e. The predicted octanol–water partition coefficient (Wildman–Crippen LogP) is 2.64. The summed E-state index contributed by atoms with van der Waals surface area (Å²) in [5.74, 6) is -1.27. The molecular formula is C19H21N3O5. The molecule has 8 heteroatoms. The summed E-state index contributed by atoms with van der Waals surface area (Å²) < 4.78 is 5.10. The monoisotopic (exact) mass is 371 g/mol. The van der Waals surface area contributed by atoms with Crippen molar-refractivity contribution in [2.24, 2.45) is 0 Å². The first-order valence-corrected chi connectivity index (χ1v) is 8.37. The summed E-state index contributed by atoms with van der Waals surface area (Å²) in [4.78, 5) is 34.6. The quantitative estimate of drug-likeness (QED) is 0.334. The maximum absolute atomic E-state index is 12.2. The summed E-state index contributed by atoms with van der Waals surface area (Å²) in [7, 11) is 0. The zero-order valence-electron chi connectivity index (χ0n) is 15.0. The van der Waals surface area contributed by atoms with Gasteiger partial charge in [-0.1, -0.05) is 37.3 Å². The van der Waals surface area contributed by atoms with E-state index < -0.39 is 22.9 Å². The van der Waals surface area contributed by atoms with Gasteiger partial charge in [-0.2, -0.15) is 0 Å². The van der Waals surface area contributed by atoms with Crippen molar-refractivity contribution in [1.82, 2.24) is 5.32 Å². The largest absolute Gasteiger partial charge is 0.449 e. The van der Waals surface area contributed by atoms with Gasteiger partial charge in [-0.15, -0.1) is 0 Å². The van der Waals surface area contributed by atoms with E-state index in [0.717, 1.165) is 11.6 Å². The third-order valence-electron chi connectivity index (χ3n) is 4.07. The number of esters is 1. The van der Waals surface area contributed by atoms with Crippen molar-refractivity contribution in [3.63, 3.8) is 0 Å². The maximum Gasteiger partial charge on any atom is 0.341 e. The average Bonchev–Trinajstić information content (AvgIpc) is 2.66. The molecule has 2 rings (SSSR count). The Morgan fingerprint density at radius 3 is 2.48 bits per heavy atom. The van der Waals surface area contributed by atoms with Gasteiger partial charge < -0.3 is 15.8 Å². The van der Waals surface area contributed by atoms with E-state index in [4.69, 9.17) is 10.5 Å². The Labute approximate surface area is 156 Å². The van der Waals surface area contributed by atoms with Gasteiger partial charge in [-0.05, 0) is 24.5 Å². The molecule has 0 aliphatic rings. The topological polar surface area (TPSA) is 125 Å². The molecule has 2 aromatic carbocycles. The lowest BCUT2D eigenvalue weighted by Crippen LogP contribution is -2.37. The summed E-state index contributed by atoms with van der Waals surface area (Å²) in [5.41, 5.74) is 6.36. The predicted molar refractivity (Wildman–Crippen MR) is 100 cm³/mol. The van der Waals surface area contributed by atoms with Gasteiger partial charge in [-0.25, -0.2) is 4.79 Å². The summed E-state index contributed by atoms with van der Waals surface area (Å²) in [6.07, 6.45) is -1.07. The van der Waals surface area contributed by atoms with E-state index in [9.17, 15) is 19.7 Å². The SMILES string of the molecule is C[C@H](OC(=O)c1cc([N+](=O)[O-])ccc1N)C(=O)NC[C@H](C)c1ccccc1. The van der Waals surface area contributed by atoms with E-state index in [0.29, 0.717) is 6.54 Å². The Hall–Kier alpha value is -3.42. The number of amides is 1. The van der Waals surface area contributed by atoms with E-state index >= 15 is 0 Å². The molecule has 0 bridgehead atoms. The molecule has 8 nitrogen and oxygen atoms in total. The average molecular weight is 371 g/mol. The molecule has 2 aromatic rings. The number of nitrogens with two attached hydrogens (primary N) is 1. The first-order valence-electron chi connectivity index (χ1n) is 8.37. The van der Waals surface area contributed by atoms with Crippen molar-refractivity contribution in [1.29, 1.82) is 0 Å². The second-order valence-electron chi connectivity index (χ2n) is 6.13. The van der Waals surface area contributed by atoms with Gasteiger partial charge >= 0.3 is 5.97 Å². The van der Waals surface area contributed by atoms with Crippen molar-refractivity contribution in [3.05, 3.63) is 69.8 Å². The lowest BCUT2D eigenvalue weighted by Gasteiger charge is -2.17. The number of carbonyl (C=O) groups is 2. The molecule has 0 fully saturated rings. The highest BCUT2D eigenvalue weighted by molar-refractivity contribution is 5.97. The number of hydrogen-bond donors (Lipinski definition) is 2. The number of benzene rings is 2. The van der Waals surface area contributed by atoms with Crippen LogP contribution in [0.3, 0.4) is 0 Å². The molecule has 27 heavy (non-hydrogen) atoms. The molecule has 0 saturated carbocycles. The van der Waals surface area contributed by atoms with Gasteiger partial charge in [0.1, 0.15) is 0 Å². The molecule has 0 aliphatic heterocycles. The standard InChI is InChI=1S/C19H21N3O5/c1-12(14-6-4-3-5-7-14)11-21-18(23)13(2)27-19(24)16-10-15(22(25)26)8-9-17(16)20/h3-10,12-13H,11,20H2,1-2H3,(H,21,23)/t12-,13-/m0/s1. The Morgan fingerprint density at radius 2 is 1.85 bits per heavy atom. The summed E-state index contributed by atoms with van der Waals surface area (Å²) in [6.45, 7) is 3.77. The fraction of sp³-hybridized carbons (Fsp3) is 0.263. The molecule has 2 atom stereocenters. The van der Waals surface area contributed by atoms with Crippen molar-refractivity contribution in [2.75, 3.05) is 12.3 Å². The molecule has 0 saturated heterocycles. The van der Waals surface area contributed by atoms with E-state index in [1.165, 1.54) is 19.1 Å². The van der Waals surface area contributed by atoms with Crippen LogP contribution in [0.4, 0.5) is 11.4 Å². The van der Waals surface area contributed by atoms with Crippen LogP contribution in [0, 0.1) is 10.1 Å². The second-order valence-corrected chi connectivity index (χ2v) is 6.13. The van der Waals surface area contributed by atoms with Crippen LogP contribution in [-0.4, -0.2) is 29.4 Å². The highest BCUT2D eigenvalue weighted by atomic mass is 16.6. The van der Waals surface area contributed by atoms with E-state index in [1.807, 2.05) is 37.3 Å². The van der Waals surface area contributed by atoms with Crippen LogP contribution < -0.4 is 11.1 Å². The van der Waals surface area contributed by atoms with Crippen molar-refractivity contribution < 1.29 is 19.2 Å². The van der Waals surface area contributed by atoms with E-state index in [2.05, 4.69) is 5.32 Å². The van der Waals surface area contributed by atoms with Crippen LogP contribution in [0.1, 0.15) is 35.7 Å². The Balaban J connectivity index is 1.95. The minimum absolute atomic E-state index is 0.0379. The van der Waals surface area contributed by atoms with Crippen LogP contribution >= 0.6 is 0 Å². The highest BCUT2D eigenvalue weighted by Gasteiger charge is 2.22. The molecule has 1 amide bonds. The lowest BCUT2D eigenvalue weighted by atomic mass is 10.0. The summed E-state index contributed by atoms with van der Waals surface area (Å²) >= 11 is 0. The fourth-order valence-corrected chi connectivity index (χ4v) is 2.41. The molecule has 0 spiro atoms. The van der Waals surface area contributed by atoms with E-state index in [1.54, 1.807) is 0 Å². The number of nitrogen functional groups attached to an aromatic ring is 1. The van der Waals surface area contributed by atoms with Gasteiger partial charge in [0.15, 0.2) is 6.10 Å². The van der Waals surface area contributed by atoms with Gasteiger partial charge in [0, 0.05) is 24.4 Å². The minimum atomic E-state index is -1.07. The van der Waals surface area contributed by atoms with Crippen LogP contribution in [0.15, 0.2) is 48.5 Å². The Morgan fingerprint density at radius 1 is 1.19 bits per heavy atom. The van der Waals surface area contributed by atoms with Crippen LogP contribution in [0.5, 0.6) is 0 Å². The van der Waals surface area contributed by atoms with Crippen LogP contribution in [-0.2, 0) is 9.53 Å². The Kier molecular flexibility index (Phi) is 6.48. The summed E-state index contributed by atoms with van der Waals surface area (Å²) in [6, 6.07) is 13.1. The number of carbonyl (C=O) groups excluding carboxylic acids is 2. The van der Waals surface area contributed by atoms with Gasteiger partial charge in [0.25, 0.3) is 11.6 Å². The zero-order valence-corrected chi connectivity index (χ0v) is 15.0. The van der Waals surface area contributed by atoms with Crippen molar-refractivity contribution >= 4 is 23.3 Å². The maximum atomic E-state index is 12.2. The zero-order chi connectivity index (χ0) is 20.0. The number of hydrogen-bond acceptors (Lipinski definition) is 6. The number of nitro groups is 1. The molecule has 0 radical (unpaired) electrons. The number of ether oxygens (including phenoxy) is 1. The molecule has 3 N–H and O–H groups in total. The molecule has 0 aromatic heterocycles. The van der Waals surface area contributed by atoms with Crippen molar-refractivity contribution in [2.45, 2.75) is 25.9 Å². The number of non-ortho nitro benzene ring substituents is 1. The number of nitrogens with zero attached hydrogens (tertiary/aromatic N) is 1. The van der Waals surface area contributed by atoms with Gasteiger partial charge in [0.05, 0.1) is 10.5 Å². The number of anilines is 1. The van der Waals surface area contributed by atoms with Gasteiger partial charge in [-0.3, -0.25) is 14.9 Å². The van der Waals surface area contributed by atoms with Gasteiger partial charge in [0.2, 0.25) is 0 Å². The van der Waals surface area contributed by atoms with Crippen molar-refractivity contribution in [3.8, 4) is 0 Å². The third kappa shape index (κ3) is 5.27. The molecule has 142 valence electrons. The first kappa shape index (κ1) is 19.9. The lowest BCUT2D eigenvalue weighted by molar-refractivity contribution is -0.384. The molecule has 0 aliphatic carbocycles. The second kappa shape index (κ2) is 8.79. The first-order chi connectivity index (χ1) is 12.8. The summed E-state index contributed by atoms with van der Waals surface area (Å²) in [5, 5.41) is 13.6. The van der Waals surface area contributed by atoms with E-state index in [-0.39, 0.29) is 22.9 Å². The van der Waals surface area contributed by atoms with Crippen LogP contribution in [0.2, 0.25) is 0 Å². The van der Waals surface area contributed by atoms with Crippen LogP contribution in [0.25, 0.3) is 0 Å². The normalized spacial score (nSPS) is 12.7. The molecule has 0 unspecified atom stereocenters. The third-order valence-corrected chi connectivity index (χ3v) is 4.07. The number of nitrogens with one attached hydrogen (secondary N) is 1. The smallest absolute Gasteiger partial charge is 0.341 e.